The standard InChI is InChI=1S/C12H12ClN3OS/c1-16(7-9-3-2-4-14-6-9)12-15-10(8-18-12)11(17)5-13/h2-4,6,8H,5,7H2,1H3. The quantitative estimate of drug-likeness (QED) is 0.624. The van der Waals surface area contributed by atoms with Gasteiger partial charge >= 0.3 is 0 Å². The highest BCUT2D eigenvalue weighted by Gasteiger charge is 2.12. The van der Waals surface area contributed by atoms with Crippen LogP contribution in [-0.4, -0.2) is 28.7 Å². The monoisotopic (exact) mass is 281 g/mol. The Morgan fingerprint density at radius 3 is 3.06 bits per heavy atom. The van der Waals surface area contributed by atoms with Crippen LogP contribution in [0.5, 0.6) is 0 Å². The van der Waals surface area contributed by atoms with Crippen molar-refractivity contribution in [2.45, 2.75) is 6.54 Å². The van der Waals surface area contributed by atoms with Gasteiger partial charge in [0.15, 0.2) is 10.9 Å². The van der Waals surface area contributed by atoms with Crippen LogP contribution in [0.2, 0.25) is 0 Å². The summed E-state index contributed by atoms with van der Waals surface area (Å²) in [6.07, 6.45) is 3.55. The Hall–Kier alpha value is -1.46. The number of halogens is 1. The number of anilines is 1. The number of rotatable bonds is 5. The van der Waals surface area contributed by atoms with E-state index in [-0.39, 0.29) is 11.7 Å². The molecule has 6 heteroatoms. The van der Waals surface area contributed by atoms with Gasteiger partial charge in [-0.2, -0.15) is 0 Å². The van der Waals surface area contributed by atoms with Gasteiger partial charge in [-0.25, -0.2) is 4.98 Å². The van der Waals surface area contributed by atoms with Crippen LogP contribution in [0.4, 0.5) is 5.13 Å². The van der Waals surface area contributed by atoms with Crippen LogP contribution in [0, 0.1) is 0 Å². The van der Waals surface area contributed by atoms with Crippen LogP contribution in [0.3, 0.4) is 0 Å². The first kappa shape index (κ1) is 13.0. The lowest BCUT2D eigenvalue weighted by molar-refractivity contribution is 0.101. The van der Waals surface area contributed by atoms with Crippen LogP contribution >= 0.6 is 22.9 Å². The maximum absolute atomic E-state index is 11.4. The molecule has 0 spiro atoms. The minimum atomic E-state index is -0.144. The fourth-order valence-electron chi connectivity index (χ4n) is 1.47. The number of nitrogens with zero attached hydrogens (tertiary/aromatic N) is 3. The zero-order valence-electron chi connectivity index (χ0n) is 9.84. The molecule has 0 saturated carbocycles. The molecule has 0 radical (unpaired) electrons. The van der Waals surface area contributed by atoms with Crippen molar-refractivity contribution in [3.8, 4) is 0 Å². The Kier molecular flexibility index (Phi) is 4.28. The minimum absolute atomic E-state index is 0.0322. The second-order valence-electron chi connectivity index (χ2n) is 3.79. The molecular weight excluding hydrogens is 270 g/mol. The number of carbonyl (C=O) groups is 1. The predicted molar refractivity (Wildman–Crippen MR) is 73.5 cm³/mol. The summed E-state index contributed by atoms with van der Waals surface area (Å²) in [5.41, 5.74) is 1.53. The Balaban J connectivity index is 2.07. The van der Waals surface area contributed by atoms with Crippen molar-refractivity contribution in [1.82, 2.24) is 9.97 Å². The number of aromatic nitrogens is 2. The second kappa shape index (κ2) is 5.93. The van der Waals surface area contributed by atoms with E-state index in [1.807, 2.05) is 30.3 Å². The molecule has 0 aliphatic rings. The predicted octanol–water partition coefficient (Wildman–Crippen LogP) is 2.60. The van der Waals surface area contributed by atoms with Crippen molar-refractivity contribution in [2.24, 2.45) is 0 Å². The molecule has 0 amide bonds. The molecule has 0 saturated heterocycles. The molecule has 0 bridgehead atoms. The average molecular weight is 282 g/mol. The van der Waals surface area contributed by atoms with Crippen molar-refractivity contribution < 1.29 is 4.79 Å². The topological polar surface area (TPSA) is 46.1 Å². The second-order valence-corrected chi connectivity index (χ2v) is 4.89. The van der Waals surface area contributed by atoms with Crippen LogP contribution < -0.4 is 4.90 Å². The van der Waals surface area contributed by atoms with E-state index in [4.69, 9.17) is 11.6 Å². The fraction of sp³-hybridized carbons (Fsp3) is 0.250. The normalized spacial score (nSPS) is 10.3. The third kappa shape index (κ3) is 3.05. The summed E-state index contributed by atoms with van der Waals surface area (Å²) in [5.74, 6) is -0.177. The SMILES string of the molecule is CN(Cc1cccnc1)c1nc(C(=O)CCl)cs1. The third-order valence-electron chi connectivity index (χ3n) is 2.37. The smallest absolute Gasteiger partial charge is 0.196 e. The Labute approximate surface area is 114 Å². The van der Waals surface area contributed by atoms with E-state index in [2.05, 4.69) is 9.97 Å². The number of carbonyl (C=O) groups excluding carboxylic acids is 1. The summed E-state index contributed by atoms with van der Waals surface area (Å²) in [4.78, 5) is 21.7. The van der Waals surface area contributed by atoms with Crippen LogP contribution in [0.15, 0.2) is 29.9 Å². The first-order chi connectivity index (χ1) is 8.70. The Bertz CT molecular complexity index is 529. The lowest BCUT2D eigenvalue weighted by atomic mass is 10.3. The zero-order valence-corrected chi connectivity index (χ0v) is 11.4. The van der Waals surface area contributed by atoms with Crippen LogP contribution in [-0.2, 0) is 6.54 Å². The molecule has 0 fully saturated rings. The summed E-state index contributed by atoms with van der Waals surface area (Å²) in [6, 6.07) is 3.90. The number of hydrogen-bond acceptors (Lipinski definition) is 5. The van der Waals surface area contributed by atoms with Crippen molar-refractivity contribution >= 4 is 33.9 Å². The number of hydrogen-bond donors (Lipinski definition) is 0. The van der Waals surface area contributed by atoms with Gasteiger partial charge in [0.2, 0.25) is 0 Å². The largest absolute Gasteiger partial charge is 0.347 e. The van der Waals surface area contributed by atoms with E-state index in [0.29, 0.717) is 12.2 Å². The molecule has 18 heavy (non-hydrogen) atoms. The van der Waals surface area contributed by atoms with E-state index in [1.165, 1.54) is 11.3 Å². The first-order valence-electron chi connectivity index (χ1n) is 5.35. The highest BCUT2D eigenvalue weighted by molar-refractivity contribution is 7.13. The summed E-state index contributed by atoms with van der Waals surface area (Å²) in [7, 11) is 1.93. The summed E-state index contributed by atoms with van der Waals surface area (Å²) in [5, 5.41) is 2.53. The van der Waals surface area contributed by atoms with Crippen molar-refractivity contribution in [3.63, 3.8) is 0 Å². The van der Waals surface area contributed by atoms with Gasteiger partial charge in [0.05, 0.1) is 5.88 Å². The van der Waals surface area contributed by atoms with Gasteiger partial charge in [0.25, 0.3) is 0 Å². The summed E-state index contributed by atoms with van der Waals surface area (Å²) in [6.45, 7) is 0.704. The Morgan fingerprint density at radius 2 is 2.39 bits per heavy atom. The average Bonchev–Trinajstić information content (AvgIpc) is 2.88. The lowest BCUT2D eigenvalue weighted by Crippen LogP contribution is -2.16. The van der Waals surface area contributed by atoms with Gasteiger partial charge in [-0.3, -0.25) is 9.78 Å². The van der Waals surface area contributed by atoms with Crippen LogP contribution in [0.25, 0.3) is 0 Å². The maximum Gasteiger partial charge on any atom is 0.196 e. The van der Waals surface area contributed by atoms with Gasteiger partial charge in [-0.05, 0) is 11.6 Å². The van der Waals surface area contributed by atoms with E-state index in [0.717, 1.165) is 10.7 Å². The van der Waals surface area contributed by atoms with Gasteiger partial charge < -0.3 is 4.90 Å². The highest BCUT2D eigenvalue weighted by Crippen LogP contribution is 2.21. The van der Waals surface area contributed by atoms with Crippen molar-refractivity contribution in [1.29, 1.82) is 0 Å². The number of pyridine rings is 1. The molecule has 0 N–H and O–H groups in total. The van der Waals surface area contributed by atoms with Crippen molar-refractivity contribution in [2.75, 3.05) is 17.8 Å². The molecule has 2 aromatic rings. The maximum atomic E-state index is 11.4. The van der Waals surface area contributed by atoms with Gasteiger partial charge in [0.1, 0.15) is 5.69 Å². The fourth-order valence-corrected chi connectivity index (χ4v) is 2.40. The molecule has 0 aromatic carbocycles. The van der Waals surface area contributed by atoms with Gasteiger partial charge in [0, 0.05) is 31.4 Å². The molecule has 4 nitrogen and oxygen atoms in total. The van der Waals surface area contributed by atoms with Gasteiger partial charge in [-0.15, -0.1) is 22.9 Å². The number of alkyl halides is 1. The molecule has 0 aliphatic carbocycles. The molecule has 2 aromatic heterocycles. The molecule has 0 atom stereocenters. The number of thiazole rings is 1. The molecule has 0 aliphatic heterocycles. The molecule has 2 rings (SSSR count). The number of Topliss-reactive ketones (excluding diaryl/α,β-unsaturated/α-hetero) is 1. The Morgan fingerprint density at radius 1 is 1.56 bits per heavy atom. The van der Waals surface area contributed by atoms with Gasteiger partial charge in [-0.1, -0.05) is 6.07 Å². The van der Waals surface area contributed by atoms with E-state index >= 15 is 0 Å². The van der Waals surface area contributed by atoms with E-state index < -0.39 is 0 Å². The van der Waals surface area contributed by atoms with E-state index in [1.54, 1.807) is 11.6 Å². The zero-order chi connectivity index (χ0) is 13.0. The lowest BCUT2D eigenvalue weighted by Gasteiger charge is -2.15. The van der Waals surface area contributed by atoms with Crippen molar-refractivity contribution in [3.05, 3.63) is 41.2 Å². The molecule has 94 valence electrons. The third-order valence-corrected chi connectivity index (χ3v) is 3.57. The molecular formula is C12H12ClN3OS. The first-order valence-corrected chi connectivity index (χ1v) is 6.77. The van der Waals surface area contributed by atoms with Crippen LogP contribution in [0.1, 0.15) is 16.1 Å². The van der Waals surface area contributed by atoms with E-state index in [9.17, 15) is 4.79 Å². The summed E-state index contributed by atoms with van der Waals surface area (Å²) >= 11 is 6.93. The molecule has 0 unspecified atom stereocenters. The summed E-state index contributed by atoms with van der Waals surface area (Å²) < 4.78 is 0. The highest BCUT2D eigenvalue weighted by atomic mass is 35.5. The minimum Gasteiger partial charge on any atom is -0.347 e. The molecule has 2 heterocycles. The number of ketones is 1.